The van der Waals surface area contributed by atoms with Crippen LogP contribution in [-0.4, -0.2) is 29.0 Å². The Labute approximate surface area is 159 Å². The molecule has 1 aliphatic rings. The standard InChI is InChI=1S/C22H22N4O/c1-3-25(18-10-5-4-6-11-18)21(27)19-15-16(2)23-22(24-19)26-14-13-17-9-7-8-12-20(17)26/h4-12,15H,3,13-14H2,1-2H3. The molecule has 27 heavy (non-hydrogen) atoms. The second-order valence-corrected chi connectivity index (χ2v) is 6.61. The number of carbonyl (C=O) groups is 1. The fraction of sp³-hybridized carbons (Fsp3) is 0.227. The van der Waals surface area contributed by atoms with Crippen molar-refractivity contribution in [2.45, 2.75) is 20.3 Å². The van der Waals surface area contributed by atoms with Gasteiger partial charge in [-0.05, 0) is 50.1 Å². The minimum absolute atomic E-state index is 0.108. The van der Waals surface area contributed by atoms with Gasteiger partial charge in [0.1, 0.15) is 5.69 Å². The number of rotatable bonds is 4. The Morgan fingerprint density at radius 1 is 1.07 bits per heavy atom. The second kappa shape index (κ2) is 7.19. The van der Waals surface area contributed by atoms with Crippen LogP contribution in [0.25, 0.3) is 0 Å². The molecule has 136 valence electrons. The van der Waals surface area contributed by atoms with Crippen LogP contribution in [0.4, 0.5) is 17.3 Å². The lowest BCUT2D eigenvalue weighted by molar-refractivity contribution is 0.0983. The lowest BCUT2D eigenvalue weighted by Crippen LogP contribution is -2.32. The fourth-order valence-electron chi connectivity index (χ4n) is 3.52. The second-order valence-electron chi connectivity index (χ2n) is 6.61. The van der Waals surface area contributed by atoms with E-state index < -0.39 is 0 Å². The van der Waals surface area contributed by atoms with Gasteiger partial charge < -0.3 is 9.80 Å². The maximum atomic E-state index is 13.2. The van der Waals surface area contributed by atoms with Crippen LogP contribution in [0.5, 0.6) is 0 Å². The molecule has 5 nitrogen and oxygen atoms in total. The highest BCUT2D eigenvalue weighted by Gasteiger charge is 2.25. The van der Waals surface area contributed by atoms with E-state index in [1.807, 2.05) is 56.3 Å². The number of fused-ring (bicyclic) bond motifs is 1. The first-order chi connectivity index (χ1) is 13.2. The number of para-hydroxylation sites is 2. The molecular weight excluding hydrogens is 336 g/mol. The molecule has 1 aliphatic heterocycles. The maximum Gasteiger partial charge on any atom is 0.277 e. The summed E-state index contributed by atoms with van der Waals surface area (Å²) in [4.78, 5) is 26.2. The van der Waals surface area contributed by atoms with Crippen LogP contribution in [0.2, 0.25) is 0 Å². The summed E-state index contributed by atoms with van der Waals surface area (Å²) in [5, 5.41) is 0. The fourth-order valence-corrected chi connectivity index (χ4v) is 3.52. The molecule has 0 unspecified atom stereocenters. The van der Waals surface area contributed by atoms with Crippen molar-refractivity contribution in [3.63, 3.8) is 0 Å². The molecule has 0 bridgehead atoms. The maximum absolute atomic E-state index is 13.2. The molecule has 1 aromatic heterocycles. The average Bonchev–Trinajstić information content (AvgIpc) is 3.13. The van der Waals surface area contributed by atoms with Gasteiger partial charge in [-0.3, -0.25) is 4.79 Å². The Balaban J connectivity index is 1.70. The van der Waals surface area contributed by atoms with E-state index in [4.69, 9.17) is 0 Å². The molecule has 0 saturated heterocycles. The summed E-state index contributed by atoms with van der Waals surface area (Å²) in [5.41, 5.74) is 4.49. The molecule has 5 heteroatoms. The van der Waals surface area contributed by atoms with Crippen LogP contribution in [0, 0.1) is 6.92 Å². The van der Waals surface area contributed by atoms with E-state index >= 15 is 0 Å². The van der Waals surface area contributed by atoms with Gasteiger partial charge in [0, 0.05) is 30.2 Å². The average molecular weight is 358 g/mol. The molecule has 0 radical (unpaired) electrons. The van der Waals surface area contributed by atoms with E-state index in [1.54, 1.807) is 11.0 Å². The van der Waals surface area contributed by atoms with Crippen LogP contribution in [-0.2, 0) is 6.42 Å². The predicted molar refractivity (Wildman–Crippen MR) is 108 cm³/mol. The Morgan fingerprint density at radius 2 is 1.81 bits per heavy atom. The molecule has 0 saturated carbocycles. The van der Waals surface area contributed by atoms with Gasteiger partial charge in [0.2, 0.25) is 5.95 Å². The molecule has 0 atom stereocenters. The number of aromatic nitrogens is 2. The van der Waals surface area contributed by atoms with E-state index in [0.29, 0.717) is 18.2 Å². The van der Waals surface area contributed by atoms with Crippen LogP contribution < -0.4 is 9.80 Å². The smallest absolute Gasteiger partial charge is 0.277 e. The van der Waals surface area contributed by atoms with Gasteiger partial charge in [-0.1, -0.05) is 36.4 Å². The minimum Gasteiger partial charge on any atom is -0.310 e. The zero-order valence-electron chi connectivity index (χ0n) is 15.6. The van der Waals surface area contributed by atoms with Gasteiger partial charge in [-0.25, -0.2) is 9.97 Å². The van der Waals surface area contributed by atoms with Crippen molar-refractivity contribution in [3.05, 3.63) is 77.6 Å². The zero-order chi connectivity index (χ0) is 18.8. The number of benzene rings is 2. The van der Waals surface area contributed by atoms with Crippen LogP contribution in [0.3, 0.4) is 0 Å². The molecular formula is C22H22N4O. The summed E-state index contributed by atoms with van der Waals surface area (Å²) in [6.07, 6.45) is 0.960. The summed E-state index contributed by atoms with van der Waals surface area (Å²) in [6, 6.07) is 19.7. The Bertz CT molecular complexity index is 971. The number of hydrogen-bond acceptors (Lipinski definition) is 4. The van der Waals surface area contributed by atoms with Gasteiger partial charge >= 0.3 is 0 Å². The lowest BCUT2D eigenvalue weighted by Gasteiger charge is -2.22. The van der Waals surface area contributed by atoms with E-state index in [0.717, 1.165) is 30.0 Å². The largest absolute Gasteiger partial charge is 0.310 e. The van der Waals surface area contributed by atoms with E-state index in [9.17, 15) is 4.79 Å². The molecule has 2 heterocycles. The van der Waals surface area contributed by atoms with Gasteiger partial charge in [-0.2, -0.15) is 0 Å². The summed E-state index contributed by atoms with van der Waals surface area (Å²) in [6.45, 7) is 5.28. The summed E-state index contributed by atoms with van der Waals surface area (Å²) >= 11 is 0. The molecule has 1 amide bonds. The highest BCUT2D eigenvalue weighted by Crippen LogP contribution is 2.32. The number of anilines is 3. The zero-order valence-corrected chi connectivity index (χ0v) is 15.6. The van der Waals surface area contributed by atoms with Crippen molar-refractivity contribution >= 4 is 23.2 Å². The van der Waals surface area contributed by atoms with Gasteiger partial charge in [0.25, 0.3) is 5.91 Å². The molecule has 0 aliphatic carbocycles. The first-order valence-electron chi connectivity index (χ1n) is 9.25. The van der Waals surface area contributed by atoms with Crippen LogP contribution in [0.1, 0.15) is 28.7 Å². The van der Waals surface area contributed by atoms with Gasteiger partial charge in [-0.15, -0.1) is 0 Å². The number of hydrogen-bond donors (Lipinski definition) is 0. The quantitative estimate of drug-likeness (QED) is 0.703. The molecule has 0 fully saturated rings. The third kappa shape index (κ3) is 3.28. The van der Waals surface area contributed by atoms with E-state index in [-0.39, 0.29) is 5.91 Å². The summed E-state index contributed by atoms with van der Waals surface area (Å²) in [7, 11) is 0. The normalized spacial score (nSPS) is 12.7. The SMILES string of the molecule is CCN(C(=O)c1cc(C)nc(N2CCc3ccccc32)n1)c1ccccc1. The number of nitrogens with zero attached hydrogens (tertiary/aromatic N) is 4. The van der Waals surface area contributed by atoms with Crippen molar-refractivity contribution in [1.82, 2.24) is 9.97 Å². The van der Waals surface area contributed by atoms with Gasteiger partial charge in [0.15, 0.2) is 0 Å². The Kier molecular flexibility index (Phi) is 4.59. The van der Waals surface area contributed by atoms with Crippen LogP contribution in [0.15, 0.2) is 60.7 Å². The van der Waals surface area contributed by atoms with Crippen molar-refractivity contribution < 1.29 is 4.79 Å². The number of carbonyl (C=O) groups excluding carboxylic acids is 1. The third-order valence-electron chi connectivity index (χ3n) is 4.82. The van der Waals surface area contributed by atoms with E-state index in [1.165, 1.54) is 5.56 Å². The number of aryl methyl sites for hydroxylation is 1. The van der Waals surface area contributed by atoms with Crippen molar-refractivity contribution in [2.75, 3.05) is 22.9 Å². The monoisotopic (exact) mass is 358 g/mol. The Hall–Kier alpha value is -3.21. The minimum atomic E-state index is -0.108. The molecule has 0 N–H and O–H groups in total. The highest BCUT2D eigenvalue weighted by atomic mass is 16.2. The van der Waals surface area contributed by atoms with Crippen molar-refractivity contribution in [1.29, 1.82) is 0 Å². The molecule has 4 rings (SSSR count). The first-order valence-corrected chi connectivity index (χ1v) is 9.25. The highest BCUT2D eigenvalue weighted by molar-refractivity contribution is 6.05. The van der Waals surface area contributed by atoms with Crippen molar-refractivity contribution in [3.8, 4) is 0 Å². The lowest BCUT2D eigenvalue weighted by atomic mass is 10.2. The van der Waals surface area contributed by atoms with Crippen LogP contribution >= 0.6 is 0 Å². The molecule has 3 aromatic rings. The van der Waals surface area contributed by atoms with E-state index in [2.05, 4.69) is 27.0 Å². The van der Waals surface area contributed by atoms with Crippen molar-refractivity contribution in [2.24, 2.45) is 0 Å². The third-order valence-corrected chi connectivity index (χ3v) is 4.82. The predicted octanol–water partition coefficient (Wildman–Crippen LogP) is 4.15. The Morgan fingerprint density at radius 3 is 2.59 bits per heavy atom. The summed E-state index contributed by atoms with van der Waals surface area (Å²) < 4.78 is 0. The topological polar surface area (TPSA) is 49.3 Å². The first kappa shape index (κ1) is 17.2. The molecule has 0 spiro atoms. The number of amides is 1. The molecule has 2 aromatic carbocycles. The van der Waals surface area contributed by atoms with Gasteiger partial charge in [0.05, 0.1) is 0 Å². The summed E-state index contributed by atoms with van der Waals surface area (Å²) in [5.74, 6) is 0.482.